The van der Waals surface area contributed by atoms with Crippen LogP contribution in [-0.2, 0) is 14.3 Å². The number of guanidine groups is 1. The predicted octanol–water partition coefficient (Wildman–Crippen LogP) is 1.71. The molecule has 294 valence electrons. The maximum atomic E-state index is 12.3. The van der Waals surface area contributed by atoms with Crippen LogP contribution in [0.4, 0.5) is 5.82 Å². The molecule has 1 aliphatic rings. The van der Waals surface area contributed by atoms with Crippen molar-refractivity contribution in [3.8, 4) is 16.9 Å². The number of nitrogens with one attached hydrogen (secondary N) is 2. The zero-order valence-electron chi connectivity index (χ0n) is 31.1. The molecule has 3 heterocycles. The predicted molar refractivity (Wildman–Crippen MR) is 204 cm³/mol. The Morgan fingerprint density at radius 2 is 1.76 bits per heavy atom. The summed E-state index contributed by atoms with van der Waals surface area (Å²) in [5, 5.41) is 34.2. The van der Waals surface area contributed by atoms with Crippen LogP contribution < -0.4 is 32.9 Å². The molecule has 18 nitrogen and oxygen atoms in total. The number of aliphatic hydroxyl groups is 1. The third-order valence-electron chi connectivity index (χ3n) is 8.56. The molecule has 0 radical (unpaired) electrons. The number of ether oxygens (including phenoxy) is 2. The van der Waals surface area contributed by atoms with Crippen LogP contribution in [0.15, 0.2) is 96.5 Å². The Morgan fingerprint density at radius 3 is 2.35 bits per heavy atom. The van der Waals surface area contributed by atoms with Crippen molar-refractivity contribution in [2.45, 2.75) is 70.4 Å². The average Bonchev–Trinajstić information content (AvgIpc) is 3.68. The summed E-state index contributed by atoms with van der Waals surface area (Å²) in [6.07, 6.45) is 3.77. The molecule has 1 amide bonds. The van der Waals surface area contributed by atoms with Crippen molar-refractivity contribution in [2.24, 2.45) is 16.9 Å². The number of aromatic nitrogens is 5. The summed E-state index contributed by atoms with van der Waals surface area (Å²) in [7, 11) is 1.63. The number of rotatable bonds is 13. The number of carboxylic acid groups (broad SMARTS) is 1. The third-order valence-corrected chi connectivity index (χ3v) is 8.56. The van der Waals surface area contributed by atoms with Crippen LogP contribution in [0, 0.1) is 10.8 Å². The molecule has 4 aromatic rings. The maximum absolute atomic E-state index is 12.3. The van der Waals surface area contributed by atoms with Gasteiger partial charge in [0, 0.05) is 32.3 Å². The van der Waals surface area contributed by atoms with Crippen molar-refractivity contribution in [3.05, 3.63) is 102 Å². The number of benzene rings is 2. The lowest BCUT2D eigenvalue weighted by Crippen LogP contribution is -2.51. The normalized spacial score (nSPS) is 18.2. The Morgan fingerprint density at radius 1 is 1.09 bits per heavy atom. The molecule has 0 fully saturated rings. The quantitative estimate of drug-likeness (QED) is 0.0581. The highest BCUT2D eigenvalue weighted by atomic mass is 16.5. The lowest BCUT2D eigenvalue weighted by Gasteiger charge is -2.32. The van der Waals surface area contributed by atoms with Crippen LogP contribution in [0.25, 0.3) is 11.1 Å². The Hall–Kier alpha value is -6.11. The molecular formula is C37H49N11O7. The van der Waals surface area contributed by atoms with Gasteiger partial charge >= 0.3 is 11.7 Å². The van der Waals surface area contributed by atoms with Gasteiger partial charge in [-0.05, 0) is 47.2 Å². The van der Waals surface area contributed by atoms with E-state index in [2.05, 4.69) is 32.5 Å². The van der Waals surface area contributed by atoms with E-state index in [1.54, 1.807) is 18.1 Å². The molecule has 0 aliphatic carbocycles. The van der Waals surface area contributed by atoms with Crippen LogP contribution in [0.3, 0.4) is 0 Å². The molecule has 0 saturated carbocycles. The SMILES string of the molecule is CC(C)(C)C(O)C(Oc1ccc(-c2ccccc2)cc1)n1cncn1.CN(CCC(N)CC(=O)N[C@H]1C=C[C@H](n2ccc(N)nc2=O)O[C@@H]1C(=O)O)C(=N)N. The number of amides is 1. The number of nitrogen functional groups attached to an aromatic ring is 1. The van der Waals surface area contributed by atoms with Gasteiger partial charge in [-0.2, -0.15) is 10.1 Å². The topological polar surface area (TPSA) is 276 Å². The molecule has 2 aromatic carbocycles. The van der Waals surface area contributed by atoms with Gasteiger partial charge in [0.25, 0.3) is 0 Å². The zero-order chi connectivity index (χ0) is 40.3. The first-order valence-electron chi connectivity index (χ1n) is 17.4. The summed E-state index contributed by atoms with van der Waals surface area (Å²) >= 11 is 0. The van der Waals surface area contributed by atoms with Gasteiger partial charge in [0.05, 0.1) is 6.04 Å². The third kappa shape index (κ3) is 11.9. The van der Waals surface area contributed by atoms with E-state index in [1.807, 2.05) is 63.2 Å². The number of carbonyl (C=O) groups excluding carboxylic acids is 1. The number of aliphatic carboxylic acids is 1. The minimum Gasteiger partial charge on any atom is -0.479 e. The summed E-state index contributed by atoms with van der Waals surface area (Å²) in [6, 6.07) is 17.9. The van der Waals surface area contributed by atoms with Crippen molar-refractivity contribution in [2.75, 3.05) is 19.3 Å². The van der Waals surface area contributed by atoms with E-state index in [4.69, 9.17) is 32.1 Å². The molecule has 5 rings (SSSR count). The average molecular weight is 760 g/mol. The molecule has 0 spiro atoms. The van der Waals surface area contributed by atoms with Gasteiger partial charge in [0.2, 0.25) is 12.1 Å². The van der Waals surface area contributed by atoms with E-state index in [0.717, 1.165) is 15.7 Å². The highest BCUT2D eigenvalue weighted by Gasteiger charge is 2.36. The van der Waals surface area contributed by atoms with E-state index in [1.165, 1.54) is 35.6 Å². The van der Waals surface area contributed by atoms with Crippen LogP contribution in [-0.4, -0.2) is 95.1 Å². The number of carboxylic acids is 1. The van der Waals surface area contributed by atoms with Crippen molar-refractivity contribution in [1.82, 2.24) is 34.5 Å². The molecule has 0 saturated heterocycles. The summed E-state index contributed by atoms with van der Waals surface area (Å²) in [5.41, 5.74) is 17.9. The standard InChI is InChI=1S/C20H23N3O2.C17H26N8O5/c1-20(2,3)18(24)19(23-14-21-13-22-23)25-17-11-9-16(10-12-17)15-7-5-4-6-8-15;1-24(16(20)21)6-4-9(18)8-12(26)22-10-2-3-13(30-14(10)15(27)28)25-7-5-11(19)23-17(25)29/h4-14,18-19,24H,1-3H3;2-3,5,7,9-10,13-14H,4,6,8,18H2,1H3,(H3,20,21)(H,22,26)(H,27,28)(H2,19,23,29)/t;9?,10-,13+,14-/m.0/s1. The summed E-state index contributed by atoms with van der Waals surface area (Å²) in [5.74, 6) is -1.17. The Balaban J connectivity index is 0.000000248. The van der Waals surface area contributed by atoms with Gasteiger partial charge in [0.1, 0.15) is 30.3 Å². The second-order valence-electron chi connectivity index (χ2n) is 14.0. The number of aliphatic hydroxyl groups excluding tert-OH is 1. The van der Waals surface area contributed by atoms with Crippen molar-refractivity contribution in [1.29, 1.82) is 5.41 Å². The van der Waals surface area contributed by atoms with Crippen molar-refractivity contribution < 1.29 is 29.3 Å². The fourth-order valence-corrected chi connectivity index (χ4v) is 5.31. The minimum atomic E-state index is -1.42. The minimum absolute atomic E-state index is 0.0294. The Labute approximate surface area is 318 Å². The second kappa shape index (κ2) is 18.8. The molecule has 3 unspecified atom stereocenters. The van der Waals surface area contributed by atoms with Gasteiger partial charge in [-0.1, -0.05) is 69.3 Å². The molecule has 55 heavy (non-hydrogen) atoms. The zero-order valence-corrected chi connectivity index (χ0v) is 31.1. The molecule has 18 heteroatoms. The largest absolute Gasteiger partial charge is 0.479 e. The fourth-order valence-electron chi connectivity index (χ4n) is 5.31. The van der Waals surface area contributed by atoms with E-state index in [-0.39, 0.29) is 23.6 Å². The van der Waals surface area contributed by atoms with Gasteiger partial charge in [-0.15, -0.1) is 0 Å². The van der Waals surface area contributed by atoms with Crippen molar-refractivity contribution >= 4 is 23.7 Å². The molecule has 10 N–H and O–H groups in total. The fraction of sp³-hybridized carbons (Fsp3) is 0.378. The first kappa shape index (κ1) is 41.6. The maximum Gasteiger partial charge on any atom is 0.351 e. The molecule has 1 aliphatic heterocycles. The molecule has 6 atom stereocenters. The number of anilines is 1. The summed E-state index contributed by atoms with van der Waals surface area (Å²) in [4.78, 5) is 44.9. The first-order valence-corrected chi connectivity index (χ1v) is 17.4. The number of hydrogen-bond donors (Lipinski definition) is 7. The Bertz CT molecular complexity index is 1950. The van der Waals surface area contributed by atoms with Gasteiger partial charge in [-0.25, -0.2) is 19.3 Å². The Kier molecular flexibility index (Phi) is 14.2. The molecule has 0 bridgehead atoms. The van der Waals surface area contributed by atoms with Crippen LogP contribution in [0.5, 0.6) is 5.75 Å². The number of hydrogen-bond acceptors (Lipinski definition) is 12. The van der Waals surface area contributed by atoms with Crippen LogP contribution >= 0.6 is 0 Å². The lowest BCUT2D eigenvalue weighted by molar-refractivity contribution is -0.159. The van der Waals surface area contributed by atoms with Crippen LogP contribution in [0.2, 0.25) is 0 Å². The number of carbonyl (C=O) groups is 2. The highest BCUT2D eigenvalue weighted by molar-refractivity contribution is 5.80. The van der Waals surface area contributed by atoms with E-state index >= 15 is 0 Å². The smallest absolute Gasteiger partial charge is 0.351 e. The molecule has 2 aromatic heterocycles. The summed E-state index contributed by atoms with van der Waals surface area (Å²) in [6.45, 7) is 6.29. The first-order chi connectivity index (χ1) is 26.0. The van der Waals surface area contributed by atoms with Crippen molar-refractivity contribution in [3.63, 3.8) is 0 Å². The number of nitrogens with two attached hydrogens (primary N) is 3. The van der Waals surface area contributed by atoms with Gasteiger partial charge < -0.3 is 47.1 Å². The van der Waals surface area contributed by atoms with Gasteiger partial charge in [-0.3, -0.25) is 14.8 Å². The number of nitrogens with zero attached hydrogens (tertiary/aromatic N) is 6. The second-order valence-corrected chi connectivity index (χ2v) is 14.0. The molecular weight excluding hydrogens is 710 g/mol. The highest BCUT2D eigenvalue weighted by Crippen LogP contribution is 2.31. The van der Waals surface area contributed by atoms with Gasteiger partial charge in [0.15, 0.2) is 18.3 Å². The van der Waals surface area contributed by atoms with E-state index < -0.39 is 54.3 Å². The van der Waals surface area contributed by atoms with E-state index in [0.29, 0.717) is 18.7 Å². The lowest BCUT2D eigenvalue weighted by atomic mass is 9.88. The van der Waals surface area contributed by atoms with Crippen LogP contribution in [0.1, 0.15) is 46.1 Å². The monoisotopic (exact) mass is 759 g/mol. The summed E-state index contributed by atoms with van der Waals surface area (Å²) < 4.78 is 14.2. The van der Waals surface area contributed by atoms with E-state index in [9.17, 15) is 24.6 Å².